The van der Waals surface area contributed by atoms with Crippen LogP contribution in [0.4, 0.5) is 5.69 Å². The van der Waals surface area contributed by atoms with Crippen molar-refractivity contribution in [3.05, 3.63) is 29.8 Å². The lowest BCUT2D eigenvalue weighted by Crippen LogP contribution is -2.38. The first-order valence-electron chi connectivity index (χ1n) is 10.6. The van der Waals surface area contributed by atoms with E-state index >= 15 is 0 Å². The number of methoxy groups -OCH3 is 1. The molecule has 2 heterocycles. The molecule has 3 rings (SSSR count). The Bertz CT molecular complexity index is 639. The second-order valence-electron chi connectivity index (χ2n) is 8.00. The molecular formula is C22H34ClN3O3. The maximum Gasteiger partial charge on any atom is 0.305 e. The van der Waals surface area contributed by atoms with Gasteiger partial charge in [-0.25, -0.2) is 0 Å². The van der Waals surface area contributed by atoms with Gasteiger partial charge in [0.25, 0.3) is 5.91 Å². The molecule has 2 N–H and O–H groups in total. The number of hydrogen-bond donors (Lipinski definition) is 2. The van der Waals surface area contributed by atoms with E-state index in [1.807, 2.05) is 29.2 Å². The minimum Gasteiger partial charge on any atom is -0.469 e. The molecule has 0 atom stereocenters. The largest absolute Gasteiger partial charge is 0.469 e. The van der Waals surface area contributed by atoms with E-state index in [9.17, 15) is 9.59 Å². The fourth-order valence-corrected chi connectivity index (χ4v) is 4.11. The average molecular weight is 424 g/mol. The van der Waals surface area contributed by atoms with Crippen molar-refractivity contribution in [2.45, 2.75) is 38.5 Å². The zero-order valence-corrected chi connectivity index (χ0v) is 18.1. The van der Waals surface area contributed by atoms with Gasteiger partial charge in [0.05, 0.1) is 7.11 Å². The Morgan fingerprint density at radius 3 is 2.34 bits per heavy atom. The van der Waals surface area contributed by atoms with E-state index in [1.165, 1.54) is 20.0 Å². The summed E-state index contributed by atoms with van der Waals surface area (Å²) in [6, 6.07) is 7.88. The number of nitrogens with one attached hydrogen (secondary N) is 2. The highest BCUT2D eigenvalue weighted by atomic mass is 35.5. The van der Waals surface area contributed by atoms with Crippen LogP contribution in [-0.4, -0.2) is 56.6 Å². The highest BCUT2D eigenvalue weighted by Crippen LogP contribution is 2.24. The second-order valence-corrected chi connectivity index (χ2v) is 8.00. The van der Waals surface area contributed by atoms with Crippen molar-refractivity contribution in [1.82, 2.24) is 10.2 Å². The van der Waals surface area contributed by atoms with Crippen LogP contribution in [0, 0.1) is 11.8 Å². The molecule has 0 aliphatic carbocycles. The first kappa shape index (κ1) is 23.5. The van der Waals surface area contributed by atoms with Gasteiger partial charge in [0.2, 0.25) is 0 Å². The number of carbonyl (C=O) groups excluding carboxylic acids is 2. The molecule has 0 radical (unpaired) electrons. The van der Waals surface area contributed by atoms with Gasteiger partial charge < -0.3 is 20.3 Å². The summed E-state index contributed by atoms with van der Waals surface area (Å²) in [6.07, 6.45) is 5.68. The van der Waals surface area contributed by atoms with Gasteiger partial charge in [-0.05, 0) is 81.3 Å². The van der Waals surface area contributed by atoms with Crippen LogP contribution in [0.5, 0.6) is 0 Å². The summed E-state index contributed by atoms with van der Waals surface area (Å²) in [5.41, 5.74) is 1.83. The highest BCUT2D eigenvalue weighted by molar-refractivity contribution is 5.94. The van der Waals surface area contributed by atoms with Crippen LogP contribution in [-0.2, 0) is 9.53 Å². The van der Waals surface area contributed by atoms with Crippen molar-refractivity contribution in [2.24, 2.45) is 11.8 Å². The minimum atomic E-state index is -0.146. The molecule has 0 saturated carbocycles. The summed E-state index contributed by atoms with van der Waals surface area (Å²) in [5.74, 6) is 1.19. The Hall–Kier alpha value is -1.79. The number of piperidine rings is 2. The van der Waals surface area contributed by atoms with Crippen LogP contribution < -0.4 is 10.6 Å². The van der Waals surface area contributed by atoms with Crippen LogP contribution >= 0.6 is 12.4 Å². The summed E-state index contributed by atoms with van der Waals surface area (Å²) in [6.45, 7) is 4.74. The summed E-state index contributed by atoms with van der Waals surface area (Å²) < 4.78 is 4.71. The minimum absolute atomic E-state index is 0. The maximum absolute atomic E-state index is 12.8. The lowest BCUT2D eigenvalue weighted by Gasteiger charge is -2.32. The fourth-order valence-electron chi connectivity index (χ4n) is 4.11. The van der Waals surface area contributed by atoms with Crippen molar-refractivity contribution in [1.29, 1.82) is 0 Å². The molecule has 162 valence electrons. The van der Waals surface area contributed by atoms with Crippen molar-refractivity contribution in [3.63, 3.8) is 0 Å². The topological polar surface area (TPSA) is 70.7 Å². The Balaban J connectivity index is 0.00000300. The van der Waals surface area contributed by atoms with E-state index < -0.39 is 0 Å². The number of likely N-dealkylation sites (tertiary alicyclic amines) is 1. The molecule has 2 saturated heterocycles. The molecule has 0 aromatic heterocycles. The lowest BCUT2D eigenvalue weighted by atomic mass is 9.92. The standard InChI is InChI=1S/C22H33N3O3.ClH/c1-28-21(26)7-2-17-10-14-25(15-11-17)22(27)19-3-5-20(6-4-19)24-16-18-8-12-23-13-9-18;/h3-6,17-18,23-24H,2,7-16H2,1H3;1H. The van der Waals surface area contributed by atoms with Gasteiger partial charge in [0.15, 0.2) is 0 Å². The molecule has 0 spiro atoms. The molecule has 7 heteroatoms. The summed E-state index contributed by atoms with van der Waals surface area (Å²) in [5, 5.41) is 6.89. The Morgan fingerprint density at radius 1 is 1.07 bits per heavy atom. The first-order chi connectivity index (χ1) is 13.7. The molecule has 2 fully saturated rings. The van der Waals surface area contributed by atoms with Gasteiger partial charge in [-0.15, -0.1) is 12.4 Å². The van der Waals surface area contributed by atoms with Gasteiger partial charge in [0.1, 0.15) is 0 Å². The van der Waals surface area contributed by atoms with Crippen LogP contribution in [0.15, 0.2) is 24.3 Å². The van der Waals surface area contributed by atoms with Gasteiger partial charge >= 0.3 is 5.97 Å². The predicted molar refractivity (Wildman–Crippen MR) is 118 cm³/mol. The molecule has 1 aromatic rings. The van der Waals surface area contributed by atoms with Crippen LogP contribution in [0.25, 0.3) is 0 Å². The van der Waals surface area contributed by atoms with E-state index in [0.717, 1.165) is 69.2 Å². The number of halogens is 1. The van der Waals surface area contributed by atoms with E-state index in [1.54, 1.807) is 0 Å². The predicted octanol–water partition coefficient (Wildman–Crippen LogP) is 3.33. The van der Waals surface area contributed by atoms with Crippen molar-refractivity contribution in [2.75, 3.05) is 45.2 Å². The molecule has 29 heavy (non-hydrogen) atoms. The number of ether oxygens (including phenoxy) is 1. The van der Waals surface area contributed by atoms with Crippen molar-refractivity contribution >= 4 is 30.0 Å². The molecule has 2 aliphatic heterocycles. The number of carbonyl (C=O) groups is 2. The van der Waals surface area contributed by atoms with E-state index in [2.05, 4.69) is 10.6 Å². The van der Waals surface area contributed by atoms with Crippen LogP contribution in [0.2, 0.25) is 0 Å². The van der Waals surface area contributed by atoms with Crippen molar-refractivity contribution in [3.8, 4) is 0 Å². The molecular weight excluding hydrogens is 390 g/mol. The Kier molecular flexibility index (Phi) is 9.74. The number of rotatable bonds is 7. The molecule has 2 aliphatic rings. The molecule has 1 amide bonds. The Morgan fingerprint density at radius 2 is 1.72 bits per heavy atom. The number of amides is 1. The zero-order valence-electron chi connectivity index (χ0n) is 17.3. The number of benzene rings is 1. The Labute approximate surface area is 180 Å². The first-order valence-corrected chi connectivity index (χ1v) is 10.6. The SMILES string of the molecule is COC(=O)CCC1CCN(C(=O)c2ccc(NCC3CCNCC3)cc2)CC1.Cl. The van der Waals surface area contributed by atoms with Gasteiger partial charge in [-0.3, -0.25) is 9.59 Å². The average Bonchev–Trinajstić information content (AvgIpc) is 2.77. The molecule has 1 aromatic carbocycles. The fraction of sp³-hybridized carbons (Fsp3) is 0.636. The summed E-state index contributed by atoms with van der Waals surface area (Å²) >= 11 is 0. The monoisotopic (exact) mass is 423 g/mol. The maximum atomic E-state index is 12.8. The van der Waals surface area contributed by atoms with Crippen LogP contribution in [0.3, 0.4) is 0 Å². The third kappa shape index (κ3) is 7.19. The third-order valence-corrected chi connectivity index (χ3v) is 6.07. The number of anilines is 1. The molecule has 0 bridgehead atoms. The molecule has 6 nitrogen and oxygen atoms in total. The molecule has 0 unspecified atom stereocenters. The van der Waals surface area contributed by atoms with E-state index in [4.69, 9.17) is 4.74 Å². The second kappa shape index (κ2) is 12.0. The van der Waals surface area contributed by atoms with Gasteiger partial charge in [0, 0.05) is 37.3 Å². The third-order valence-electron chi connectivity index (χ3n) is 6.07. The highest BCUT2D eigenvalue weighted by Gasteiger charge is 2.24. The normalized spacial score (nSPS) is 18.0. The van der Waals surface area contributed by atoms with Gasteiger partial charge in [-0.2, -0.15) is 0 Å². The number of hydrogen-bond acceptors (Lipinski definition) is 5. The summed E-state index contributed by atoms with van der Waals surface area (Å²) in [7, 11) is 1.43. The van der Waals surface area contributed by atoms with Crippen molar-refractivity contribution < 1.29 is 14.3 Å². The zero-order chi connectivity index (χ0) is 19.8. The smallest absolute Gasteiger partial charge is 0.305 e. The van der Waals surface area contributed by atoms with E-state index in [-0.39, 0.29) is 24.3 Å². The number of esters is 1. The quantitative estimate of drug-likeness (QED) is 0.658. The summed E-state index contributed by atoms with van der Waals surface area (Å²) in [4.78, 5) is 26.0. The van der Waals surface area contributed by atoms with Gasteiger partial charge in [-0.1, -0.05) is 0 Å². The van der Waals surface area contributed by atoms with Crippen LogP contribution in [0.1, 0.15) is 48.9 Å². The lowest BCUT2D eigenvalue weighted by molar-refractivity contribution is -0.141. The number of nitrogens with zero attached hydrogens (tertiary/aromatic N) is 1. The van der Waals surface area contributed by atoms with E-state index in [0.29, 0.717) is 12.3 Å².